The lowest BCUT2D eigenvalue weighted by Gasteiger charge is -2.24. The zero-order valence-electron chi connectivity index (χ0n) is 29.4. The highest BCUT2D eigenvalue weighted by atomic mass is 32.1. The van der Waals surface area contributed by atoms with Gasteiger partial charge in [0.1, 0.15) is 23.8 Å². The summed E-state index contributed by atoms with van der Waals surface area (Å²) in [7, 11) is 1.59. The molecule has 1 atom stereocenters. The molecule has 5 aromatic rings. The van der Waals surface area contributed by atoms with Gasteiger partial charge in [0.2, 0.25) is 0 Å². The molecule has 0 fully saturated rings. The van der Waals surface area contributed by atoms with Gasteiger partial charge in [-0.2, -0.15) is 5.10 Å². The molecule has 0 bridgehead atoms. The highest BCUT2D eigenvalue weighted by Crippen LogP contribution is 2.32. The second-order valence-electron chi connectivity index (χ2n) is 11.7. The Kier molecular flexibility index (Phi) is 12.4. The average molecular weight is 721 g/mol. The predicted molar refractivity (Wildman–Crippen MR) is 201 cm³/mol. The summed E-state index contributed by atoms with van der Waals surface area (Å²) in [6.07, 6.45) is 7.31. The molecule has 11 nitrogen and oxygen atoms in total. The zero-order valence-corrected chi connectivity index (χ0v) is 30.3. The number of esters is 1. The van der Waals surface area contributed by atoms with Crippen molar-refractivity contribution in [3.63, 3.8) is 0 Å². The Bertz CT molecular complexity index is 2250. The van der Waals surface area contributed by atoms with Crippen LogP contribution in [0.3, 0.4) is 0 Å². The maximum absolute atomic E-state index is 14.3. The molecule has 0 saturated heterocycles. The predicted octanol–water partition coefficient (Wildman–Crippen LogP) is 6.10. The Labute approximate surface area is 305 Å². The SMILES string of the molecule is C=CCOC(=O)C1=C(C)N=c2s/c(=C/c3cn(-c4ccccc4)nc3-c3ccc(OCCCC)cc3)c(=O)n2C1c1ccc(OC)cc1.CC(=O)O. The number of carbonyl (C=O) groups excluding carboxylic acids is 1. The molecule has 1 aliphatic rings. The first-order valence-electron chi connectivity index (χ1n) is 16.7. The summed E-state index contributed by atoms with van der Waals surface area (Å²) in [6.45, 7) is 9.33. The highest BCUT2D eigenvalue weighted by Gasteiger charge is 2.33. The lowest BCUT2D eigenvalue weighted by molar-refractivity contribution is -0.138. The molecule has 3 aromatic carbocycles. The van der Waals surface area contributed by atoms with Gasteiger partial charge in [0.25, 0.3) is 11.5 Å². The van der Waals surface area contributed by atoms with Crippen LogP contribution in [-0.2, 0) is 14.3 Å². The Morgan fingerprint density at radius 2 is 1.69 bits per heavy atom. The Hall–Kier alpha value is -6.01. The highest BCUT2D eigenvalue weighted by molar-refractivity contribution is 7.07. The molecule has 3 heterocycles. The van der Waals surface area contributed by atoms with Crippen molar-refractivity contribution in [2.24, 2.45) is 4.99 Å². The number of ether oxygens (including phenoxy) is 3. The third-order valence-electron chi connectivity index (χ3n) is 7.95. The number of aromatic nitrogens is 3. The van der Waals surface area contributed by atoms with E-state index in [0.29, 0.717) is 38.7 Å². The standard InChI is InChI=1S/C38H36N4O5S.C2H4O2/c1-5-7-22-46-31-19-13-26(14-20-31)34-28(24-41(40-34)29-11-9-8-10-12-29)23-32-36(43)42-35(27-15-17-30(45-4)18-16-27)33(37(44)47-21-6-2)25(3)39-38(42)48-32;1-2(3)4/h6,8-20,23-24,35H,2,5,7,21-22H2,1,3-4H3;1H3,(H,3,4)/b32-23+;. The molecule has 6 rings (SSSR count). The van der Waals surface area contributed by atoms with Crippen LogP contribution in [0.15, 0.2) is 119 Å². The number of hydrogen-bond donors (Lipinski definition) is 1. The number of allylic oxidation sites excluding steroid dienone is 1. The topological polar surface area (TPSA) is 134 Å². The molecule has 52 heavy (non-hydrogen) atoms. The second-order valence-corrected chi connectivity index (χ2v) is 12.7. The molecular formula is C40H40N4O7S. The lowest BCUT2D eigenvalue weighted by Crippen LogP contribution is -2.39. The third-order valence-corrected chi connectivity index (χ3v) is 8.93. The summed E-state index contributed by atoms with van der Waals surface area (Å²) in [4.78, 5) is 41.9. The van der Waals surface area contributed by atoms with Crippen LogP contribution in [0, 0.1) is 0 Å². The fourth-order valence-electron chi connectivity index (χ4n) is 5.51. The minimum Gasteiger partial charge on any atom is -0.497 e. The van der Waals surface area contributed by atoms with Gasteiger partial charge in [-0.15, -0.1) is 0 Å². The van der Waals surface area contributed by atoms with E-state index in [1.807, 2.05) is 83.7 Å². The number of aliphatic carboxylic acids is 1. The molecule has 0 saturated carbocycles. The van der Waals surface area contributed by atoms with Gasteiger partial charge in [-0.25, -0.2) is 14.5 Å². The van der Waals surface area contributed by atoms with Crippen molar-refractivity contribution < 1.29 is 28.9 Å². The molecule has 12 heteroatoms. The van der Waals surface area contributed by atoms with E-state index in [9.17, 15) is 9.59 Å². The van der Waals surface area contributed by atoms with Gasteiger partial charge in [0, 0.05) is 24.2 Å². The third kappa shape index (κ3) is 8.64. The van der Waals surface area contributed by atoms with Crippen LogP contribution in [0.5, 0.6) is 11.5 Å². The minimum absolute atomic E-state index is 0.0371. The van der Waals surface area contributed by atoms with E-state index in [4.69, 9.17) is 34.2 Å². The number of methoxy groups -OCH3 is 1. The maximum atomic E-state index is 14.3. The molecule has 0 radical (unpaired) electrons. The summed E-state index contributed by atoms with van der Waals surface area (Å²) < 4.78 is 20.5. The van der Waals surface area contributed by atoms with Crippen LogP contribution in [0.25, 0.3) is 23.0 Å². The number of unbranched alkanes of at least 4 members (excludes halogenated alkanes) is 1. The van der Waals surface area contributed by atoms with Crippen molar-refractivity contribution in [3.05, 3.63) is 140 Å². The molecule has 268 valence electrons. The summed E-state index contributed by atoms with van der Waals surface area (Å²) in [5, 5.41) is 12.4. The summed E-state index contributed by atoms with van der Waals surface area (Å²) in [6, 6.07) is 24.2. The second kappa shape index (κ2) is 17.3. The van der Waals surface area contributed by atoms with E-state index < -0.39 is 18.0 Å². The average Bonchev–Trinajstić information content (AvgIpc) is 3.70. The molecule has 0 aliphatic carbocycles. The van der Waals surface area contributed by atoms with Gasteiger partial charge in [-0.3, -0.25) is 14.2 Å². The van der Waals surface area contributed by atoms with E-state index in [2.05, 4.69) is 13.5 Å². The maximum Gasteiger partial charge on any atom is 0.338 e. The first-order chi connectivity index (χ1) is 25.1. The van der Waals surface area contributed by atoms with Crippen LogP contribution in [-0.4, -0.2) is 51.7 Å². The molecular weight excluding hydrogens is 681 g/mol. The molecule has 0 amide bonds. The van der Waals surface area contributed by atoms with Crippen molar-refractivity contribution >= 4 is 29.4 Å². The smallest absolute Gasteiger partial charge is 0.338 e. The number of carbonyl (C=O) groups is 2. The van der Waals surface area contributed by atoms with Gasteiger partial charge in [-0.1, -0.05) is 67.7 Å². The first-order valence-corrected chi connectivity index (χ1v) is 17.5. The van der Waals surface area contributed by atoms with Gasteiger partial charge < -0.3 is 19.3 Å². The zero-order chi connectivity index (χ0) is 37.2. The largest absolute Gasteiger partial charge is 0.497 e. The van der Waals surface area contributed by atoms with Gasteiger partial charge in [0.15, 0.2) is 4.80 Å². The van der Waals surface area contributed by atoms with Crippen LogP contribution in [0.2, 0.25) is 0 Å². The van der Waals surface area contributed by atoms with Gasteiger partial charge >= 0.3 is 5.97 Å². The Morgan fingerprint density at radius 1 is 1.02 bits per heavy atom. The molecule has 1 unspecified atom stereocenters. The summed E-state index contributed by atoms with van der Waals surface area (Å²) in [5.41, 5.74) is 4.45. The number of para-hydroxylation sites is 1. The fourth-order valence-corrected chi connectivity index (χ4v) is 6.55. The normalized spacial score (nSPS) is 13.7. The van der Waals surface area contributed by atoms with Crippen molar-refractivity contribution in [2.75, 3.05) is 20.3 Å². The Morgan fingerprint density at radius 3 is 2.33 bits per heavy atom. The van der Waals surface area contributed by atoms with Gasteiger partial charge in [0.05, 0.1) is 41.2 Å². The molecule has 0 spiro atoms. The minimum atomic E-state index is -0.833. The van der Waals surface area contributed by atoms with Crippen molar-refractivity contribution in [1.29, 1.82) is 0 Å². The van der Waals surface area contributed by atoms with Crippen molar-refractivity contribution in [2.45, 2.75) is 39.7 Å². The number of thiazole rings is 1. The van der Waals surface area contributed by atoms with Crippen LogP contribution in [0.1, 0.15) is 50.8 Å². The molecule has 2 aromatic heterocycles. The number of nitrogens with zero attached hydrogens (tertiary/aromatic N) is 4. The number of carboxylic acids is 1. The number of rotatable bonds is 12. The number of carboxylic acid groups (broad SMARTS) is 1. The van der Waals surface area contributed by atoms with Gasteiger partial charge in [-0.05, 0) is 73.5 Å². The Balaban J connectivity index is 0.00000124. The number of benzene rings is 3. The lowest BCUT2D eigenvalue weighted by atomic mass is 9.96. The van der Waals surface area contributed by atoms with E-state index in [1.54, 1.807) is 30.7 Å². The van der Waals surface area contributed by atoms with Crippen LogP contribution < -0.4 is 24.4 Å². The van der Waals surface area contributed by atoms with Crippen molar-refractivity contribution in [3.8, 4) is 28.4 Å². The van der Waals surface area contributed by atoms with E-state index in [1.165, 1.54) is 17.4 Å². The van der Waals surface area contributed by atoms with E-state index >= 15 is 0 Å². The molecule has 1 aliphatic heterocycles. The molecule has 1 N–H and O–H groups in total. The van der Waals surface area contributed by atoms with Crippen LogP contribution >= 0.6 is 11.3 Å². The number of fused-ring (bicyclic) bond motifs is 1. The van der Waals surface area contributed by atoms with E-state index in [-0.39, 0.29) is 12.2 Å². The first kappa shape index (κ1) is 37.3. The number of hydrogen-bond acceptors (Lipinski definition) is 9. The van der Waals surface area contributed by atoms with Crippen LogP contribution in [0.4, 0.5) is 0 Å². The van der Waals surface area contributed by atoms with E-state index in [0.717, 1.165) is 47.9 Å². The summed E-state index contributed by atoms with van der Waals surface area (Å²) in [5.74, 6) is 0.0619. The quantitative estimate of drug-likeness (QED) is 0.0930. The summed E-state index contributed by atoms with van der Waals surface area (Å²) >= 11 is 1.26. The fraction of sp³-hybridized carbons (Fsp3) is 0.225. The van der Waals surface area contributed by atoms with Crippen molar-refractivity contribution in [1.82, 2.24) is 14.3 Å². The monoisotopic (exact) mass is 720 g/mol.